The Morgan fingerprint density at radius 3 is 2.64 bits per heavy atom. The van der Waals surface area contributed by atoms with Gasteiger partial charge in [0.05, 0.1) is 11.5 Å². The Kier molecular flexibility index (Phi) is 6.63. The fraction of sp³-hybridized carbons (Fsp3) is 0.235. The lowest BCUT2D eigenvalue weighted by Gasteiger charge is -2.09. The third kappa shape index (κ3) is 5.63. The van der Waals surface area contributed by atoms with Crippen LogP contribution in [0.15, 0.2) is 53.4 Å². The molecule has 0 atom stereocenters. The summed E-state index contributed by atoms with van der Waals surface area (Å²) >= 11 is 0. The summed E-state index contributed by atoms with van der Waals surface area (Å²) in [5, 5.41) is 2.63. The van der Waals surface area contributed by atoms with E-state index in [1.54, 1.807) is 12.1 Å². The van der Waals surface area contributed by atoms with Gasteiger partial charge in [0.15, 0.2) is 0 Å². The molecule has 0 fully saturated rings. The number of nitrogens with one attached hydrogen (secondary N) is 2. The zero-order valence-electron chi connectivity index (χ0n) is 13.7. The first-order valence-electron chi connectivity index (χ1n) is 7.54. The van der Waals surface area contributed by atoms with Crippen LogP contribution in [0.3, 0.4) is 0 Å². The molecular weight excluding hydrogens is 347 g/mol. The number of rotatable bonds is 8. The van der Waals surface area contributed by atoms with Gasteiger partial charge in [-0.1, -0.05) is 18.2 Å². The van der Waals surface area contributed by atoms with Gasteiger partial charge in [-0.05, 0) is 35.9 Å². The second kappa shape index (κ2) is 8.70. The first kappa shape index (κ1) is 19.0. The van der Waals surface area contributed by atoms with Crippen LogP contribution in [-0.2, 0) is 21.3 Å². The number of methoxy groups -OCH3 is 1. The Balaban J connectivity index is 2.05. The molecule has 25 heavy (non-hydrogen) atoms. The van der Waals surface area contributed by atoms with Crippen molar-refractivity contribution in [2.45, 2.75) is 11.4 Å². The molecule has 8 heteroatoms. The highest BCUT2D eigenvalue weighted by Crippen LogP contribution is 2.12. The highest BCUT2D eigenvalue weighted by molar-refractivity contribution is 7.89. The lowest BCUT2D eigenvalue weighted by Crippen LogP contribution is -2.28. The summed E-state index contributed by atoms with van der Waals surface area (Å²) < 4.78 is 44.6. The molecule has 0 heterocycles. The van der Waals surface area contributed by atoms with Crippen molar-refractivity contribution in [2.75, 3.05) is 20.3 Å². The van der Waals surface area contributed by atoms with Gasteiger partial charge in [0, 0.05) is 25.8 Å². The minimum atomic E-state index is -3.72. The molecule has 0 radical (unpaired) electrons. The molecule has 1 amide bonds. The van der Waals surface area contributed by atoms with Crippen LogP contribution in [0.25, 0.3) is 0 Å². The highest BCUT2D eigenvalue weighted by Gasteiger charge is 2.15. The molecule has 134 valence electrons. The zero-order valence-corrected chi connectivity index (χ0v) is 14.5. The SMILES string of the molecule is COCCNS(=O)(=O)c1cccc(C(=O)NCc2cccc(F)c2)c1. The van der Waals surface area contributed by atoms with E-state index in [-0.39, 0.29) is 36.0 Å². The molecular formula is C17H19FN2O4S. The van der Waals surface area contributed by atoms with Crippen molar-refractivity contribution in [2.24, 2.45) is 0 Å². The first-order chi connectivity index (χ1) is 11.9. The molecule has 6 nitrogen and oxygen atoms in total. The standard InChI is InChI=1S/C17H19FN2O4S/c1-24-9-8-20-25(22,23)16-7-3-5-14(11-16)17(21)19-12-13-4-2-6-15(18)10-13/h2-7,10-11,20H,8-9,12H2,1H3,(H,19,21). The van der Waals surface area contributed by atoms with Crippen LogP contribution in [0, 0.1) is 5.82 Å². The number of sulfonamides is 1. The van der Waals surface area contributed by atoms with Crippen molar-refractivity contribution in [1.29, 1.82) is 0 Å². The highest BCUT2D eigenvalue weighted by atomic mass is 32.2. The second-order valence-corrected chi connectivity index (χ2v) is 7.00. The van der Waals surface area contributed by atoms with Gasteiger partial charge in [0.1, 0.15) is 5.82 Å². The van der Waals surface area contributed by atoms with Gasteiger partial charge in [0.2, 0.25) is 10.0 Å². The van der Waals surface area contributed by atoms with Crippen LogP contribution in [0.2, 0.25) is 0 Å². The molecule has 0 aliphatic heterocycles. The van der Waals surface area contributed by atoms with E-state index in [2.05, 4.69) is 10.0 Å². The van der Waals surface area contributed by atoms with E-state index < -0.39 is 15.9 Å². The number of halogens is 1. The summed E-state index contributed by atoms with van der Waals surface area (Å²) in [4.78, 5) is 12.2. The second-order valence-electron chi connectivity index (χ2n) is 5.23. The average molecular weight is 366 g/mol. The van der Waals surface area contributed by atoms with Gasteiger partial charge < -0.3 is 10.1 Å². The quantitative estimate of drug-likeness (QED) is 0.696. The number of hydrogen-bond donors (Lipinski definition) is 2. The monoisotopic (exact) mass is 366 g/mol. The van der Waals surface area contributed by atoms with Gasteiger partial charge in [-0.25, -0.2) is 17.5 Å². The molecule has 0 aliphatic carbocycles. The van der Waals surface area contributed by atoms with Gasteiger partial charge in [0.25, 0.3) is 5.91 Å². The molecule has 0 aliphatic rings. The summed E-state index contributed by atoms with van der Waals surface area (Å²) in [6, 6.07) is 11.6. The maximum absolute atomic E-state index is 13.1. The first-order valence-corrected chi connectivity index (χ1v) is 9.02. The maximum Gasteiger partial charge on any atom is 0.251 e. The van der Waals surface area contributed by atoms with Gasteiger partial charge in [-0.3, -0.25) is 4.79 Å². The van der Waals surface area contributed by atoms with Crippen molar-refractivity contribution in [3.8, 4) is 0 Å². The average Bonchev–Trinajstić information content (AvgIpc) is 2.60. The van der Waals surface area contributed by atoms with Crippen LogP contribution in [-0.4, -0.2) is 34.6 Å². The molecule has 2 rings (SSSR count). The van der Waals surface area contributed by atoms with Crippen LogP contribution < -0.4 is 10.0 Å². The molecule has 2 aromatic rings. The number of carbonyl (C=O) groups is 1. The fourth-order valence-corrected chi connectivity index (χ4v) is 3.16. The molecule has 0 spiro atoms. The largest absolute Gasteiger partial charge is 0.383 e. The fourth-order valence-electron chi connectivity index (χ4n) is 2.10. The summed E-state index contributed by atoms with van der Waals surface area (Å²) in [6.07, 6.45) is 0. The van der Waals surface area contributed by atoms with Gasteiger partial charge >= 0.3 is 0 Å². The van der Waals surface area contributed by atoms with Gasteiger partial charge in [-0.2, -0.15) is 0 Å². The van der Waals surface area contributed by atoms with E-state index in [0.29, 0.717) is 5.56 Å². The van der Waals surface area contributed by atoms with E-state index in [9.17, 15) is 17.6 Å². The van der Waals surface area contributed by atoms with Crippen molar-refractivity contribution < 1.29 is 22.3 Å². The number of ether oxygens (including phenoxy) is 1. The normalized spacial score (nSPS) is 11.3. The number of hydrogen-bond acceptors (Lipinski definition) is 4. The summed E-state index contributed by atoms with van der Waals surface area (Å²) in [7, 11) is -2.25. The number of amides is 1. The Hall–Kier alpha value is -2.29. The number of benzene rings is 2. The Morgan fingerprint density at radius 1 is 1.16 bits per heavy atom. The predicted octanol–water partition coefficient (Wildman–Crippen LogP) is 1.68. The van der Waals surface area contributed by atoms with Crippen LogP contribution in [0.5, 0.6) is 0 Å². The Morgan fingerprint density at radius 2 is 1.92 bits per heavy atom. The molecule has 2 aromatic carbocycles. The Bertz CT molecular complexity index is 840. The van der Waals surface area contributed by atoms with Crippen LogP contribution in [0.4, 0.5) is 4.39 Å². The van der Waals surface area contributed by atoms with Gasteiger partial charge in [-0.15, -0.1) is 0 Å². The molecule has 0 unspecified atom stereocenters. The van der Waals surface area contributed by atoms with E-state index >= 15 is 0 Å². The van der Waals surface area contributed by atoms with E-state index in [1.165, 1.54) is 43.5 Å². The molecule has 2 N–H and O–H groups in total. The molecule has 0 aromatic heterocycles. The summed E-state index contributed by atoms with van der Waals surface area (Å²) in [5.41, 5.74) is 0.810. The number of carbonyl (C=O) groups excluding carboxylic acids is 1. The lowest BCUT2D eigenvalue weighted by atomic mass is 10.2. The Labute approximate surface area is 146 Å². The predicted molar refractivity (Wildman–Crippen MR) is 91.1 cm³/mol. The third-order valence-electron chi connectivity index (χ3n) is 3.35. The van der Waals surface area contributed by atoms with Crippen LogP contribution in [0.1, 0.15) is 15.9 Å². The van der Waals surface area contributed by atoms with Crippen molar-refractivity contribution >= 4 is 15.9 Å². The van der Waals surface area contributed by atoms with Crippen molar-refractivity contribution in [1.82, 2.24) is 10.0 Å². The summed E-state index contributed by atoms with van der Waals surface area (Å²) in [5.74, 6) is -0.833. The van der Waals surface area contributed by atoms with E-state index in [0.717, 1.165) is 0 Å². The molecule has 0 bridgehead atoms. The molecule has 0 saturated carbocycles. The smallest absolute Gasteiger partial charge is 0.251 e. The zero-order chi connectivity index (χ0) is 18.3. The van der Waals surface area contributed by atoms with Crippen molar-refractivity contribution in [3.05, 3.63) is 65.5 Å². The third-order valence-corrected chi connectivity index (χ3v) is 4.81. The minimum absolute atomic E-state index is 0.0120. The maximum atomic E-state index is 13.1. The topological polar surface area (TPSA) is 84.5 Å². The van der Waals surface area contributed by atoms with E-state index in [1.807, 2.05) is 0 Å². The van der Waals surface area contributed by atoms with Crippen LogP contribution >= 0.6 is 0 Å². The van der Waals surface area contributed by atoms with Crippen molar-refractivity contribution in [3.63, 3.8) is 0 Å². The lowest BCUT2D eigenvalue weighted by molar-refractivity contribution is 0.0950. The molecule has 0 saturated heterocycles. The summed E-state index contributed by atoms with van der Waals surface area (Å²) in [6.45, 7) is 0.515. The van der Waals surface area contributed by atoms with E-state index in [4.69, 9.17) is 4.74 Å². The minimum Gasteiger partial charge on any atom is -0.383 e.